The summed E-state index contributed by atoms with van der Waals surface area (Å²) in [4.78, 5) is 0.230. The van der Waals surface area contributed by atoms with Crippen LogP contribution in [0.5, 0.6) is 0 Å². The molecule has 1 aromatic rings. The number of aliphatic hydroxyl groups excluding tert-OH is 1. The Balaban J connectivity index is 3.38. The van der Waals surface area contributed by atoms with Gasteiger partial charge >= 0.3 is 0 Å². The van der Waals surface area contributed by atoms with Gasteiger partial charge in [-0.05, 0) is 31.0 Å². The van der Waals surface area contributed by atoms with Crippen LogP contribution in [0.15, 0.2) is 17.0 Å². The lowest BCUT2D eigenvalue weighted by Crippen LogP contribution is -2.30. The zero-order chi connectivity index (χ0) is 13.2. The Morgan fingerprint density at radius 3 is 2.47 bits per heavy atom. The van der Waals surface area contributed by atoms with E-state index in [1.165, 1.54) is 7.05 Å². The van der Waals surface area contributed by atoms with Gasteiger partial charge in [0.05, 0.1) is 11.5 Å². The van der Waals surface area contributed by atoms with E-state index in [0.29, 0.717) is 16.8 Å². The van der Waals surface area contributed by atoms with E-state index in [4.69, 9.17) is 10.8 Å². The number of nitrogens with zero attached hydrogens (tertiary/aromatic N) is 1. The van der Waals surface area contributed by atoms with Gasteiger partial charge in [0.2, 0.25) is 10.0 Å². The zero-order valence-corrected chi connectivity index (χ0v) is 11.1. The van der Waals surface area contributed by atoms with Crippen molar-refractivity contribution >= 4 is 15.7 Å². The largest absolute Gasteiger partial charge is 0.398 e. The molecule has 0 saturated carbocycles. The van der Waals surface area contributed by atoms with Crippen LogP contribution in [0, 0.1) is 13.8 Å². The van der Waals surface area contributed by atoms with Crippen molar-refractivity contribution in [1.29, 1.82) is 0 Å². The summed E-state index contributed by atoms with van der Waals surface area (Å²) in [6.07, 6.45) is 0. The van der Waals surface area contributed by atoms with E-state index in [9.17, 15) is 8.42 Å². The maximum absolute atomic E-state index is 12.3. The van der Waals surface area contributed by atoms with Crippen molar-refractivity contribution in [3.63, 3.8) is 0 Å². The van der Waals surface area contributed by atoms with Crippen molar-refractivity contribution in [3.8, 4) is 0 Å². The summed E-state index contributed by atoms with van der Waals surface area (Å²) in [5, 5.41) is 8.81. The lowest BCUT2D eigenvalue weighted by Gasteiger charge is -2.19. The minimum absolute atomic E-state index is 0.0655. The van der Waals surface area contributed by atoms with Crippen LogP contribution >= 0.6 is 0 Å². The van der Waals surface area contributed by atoms with E-state index in [2.05, 4.69) is 0 Å². The number of aliphatic hydroxyl groups is 1. The van der Waals surface area contributed by atoms with E-state index in [1.807, 2.05) is 0 Å². The van der Waals surface area contributed by atoms with Crippen LogP contribution in [0.4, 0.5) is 5.69 Å². The molecule has 0 amide bonds. The summed E-state index contributed by atoms with van der Waals surface area (Å²) < 4.78 is 25.7. The van der Waals surface area contributed by atoms with E-state index in [1.54, 1.807) is 26.0 Å². The molecular formula is C11H18N2O3S. The van der Waals surface area contributed by atoms with Gasteiger partial charge in [-0.1, -0.05) is 6.07 Å². The third kappa shape index (κ3) is 2.59. The van der Waals surface area contributed by atoms with E-state index >= 15 is 0 Å². The van der Waals surface area contributed by atoms with Gasteiger partial charge in [-0.15, -0.1) is 0 Å². The van der Waals surface area contributed by atoms with Crippen molar-refractivity contribution in [1.82, 2.24) is 4.31 Å². The number of aryl methyl sites for hydroxylation is 1. The van der Waals surface area contributed by atoms with E-state index < -0.39 is 10.0 Å². The number of rotatable bonds is 4. The summed E-state index contributed by atoms with van der Waals surface area (Å²) >= 11 is 0. The minimum atomic E-state index is -3.59. The standard InChI is InChI=1S/C11H18N2O3S/c1-8-4-5-10(12)9(2)11(8)17(15,16)13(3)6-7-14/h4-5,14H,6-7,12H2,1-3H3. The molecule has 0 atom stereocenters. The van der Waals surface area contributed by atoms with Crippen LogP contribution in [0.25, 0.3) is 0 Å². The highest BCUT2D eigenvalue weighted by Gasteiger charge is 2.25. The van der Waals surface area contributed by atoms with Gasteiger partial charge in [0, 0.05) is 19.3 Å². The Kier molecular flexibility index (Phi) is 4.13. The van der Waals surface area contributed by atoms with Crippen LogP contribution in [-0.4, -0.2) is 38.0 Å². The first-order chi connectivity index (χ1) is 7.82. The molecule has 6 heteroatoms. The van der Waals surface area contributed by atoms with Crippen molar-refractivity contribution in [2.45, 2.75) is 18.7 Å². The number of hydrogen-bond donors (Lipinski definition) is 2. The lowest BCUT2D eigenvalue weighted by molar-refractivity contribution is 0.266. The van der Waals surface area contributed by atoms with Gasteiger partial charge < -0.3 is 10.8 Å². The summed E-state index contributed by atoms with van der Waals surface area (Å²) in [6.45, 7) is 3.26. The molecule has 0 aliphatic rings. The van der Waals surface area contributed by atoms with Crippen molar-refractivity contribution in [3.05, 3.63) is 23.3 Å². The molecule has 0 radical (unpaired) electrons. The average Bonchev–Trinajstić information content (AvgIpc) is 2.24. The highest BCUT2D eigenvalue weighted by Crippen LogP contribution is 2.26. The molecule has 0 spiro atoms. The van der Waals surface area contributed by atoms with E-state index in [0.717, 1.165) is 4.31 Å². The van der Waals surface area contributed by atoms with Crippen molar-refractivity contribution < 1.29 is 13.5 Å². The topological polar surface area (TPSA) is 83.6 Å². The van der Waals surface area contributed by atoms with Crippen LogP contribution in [0.1, 0.15) is 11.1 Å². The molecule has 0 bridgehead atoms. The van der Waals surface area contributed by atoms with Crippen LogP contribution < -0.4 is 5.73 Å². The minimum Gasteiger partial charge on any atom is -0.398 e. The summed E-state index contributed by atoms with van der Waals surface area (Å²) in [5.74, 6) is 0. The normalized spacial score (nSPS) is 12.1. The van der Waals surface area contributed by atoms with Crippen LogP contribution in [0.2, 0.25) is 0 Å². The highest BCUT2D eigenvalue weighted by molar-refractivity contribution is 7.89. The Bertz CT molecular complexity index is 512. The Labute approximate surface area is 102 Å². The fourth-order valence-electron chi connectivity index (χ4n) is 1.66. The second kappa shape index (κ2) is 5.03. The zero-order valence-electron chi connectivity index (χ0n) is 10.3. The molecule has 0 heterocycles. The summed E-state index contributed by atoms with van der Waals surface area (Å²) in [6, 6.07) is 3.37. The number of sulfonamides is 1. The van der Waals surface area contributed by atoms with Gasteiger partial charge in [-0.25, -0.2) is 8.42 Å². The Hall–Kier alpha value is -1.11. The van der Waals surface area contributed by atoms with Gasteiger partial charge in [0.25, 0.3) is 0 Å². The monoisotopic (exact) mass is 258 g/mol. The first kappa shape index (κ1) is 14.0. The van der Waals surface area contributed by atoms with Gasteiger partial charge in [0.15, 0.2) is 0 Å². The molecule has 5 nitrogen and oxygen atoms in total. The lowest BCUT2D eigenvalue weighted by atomic mass is 10.1. The Morgan fingerprint density at radius 2 is 1.94 bits per heavy atom. The molecule has 96 valence electrons. The molecule has 1 aromatic carbocycles. The number of anilines is 1. The smallest absolute Gasteiger partial charge is 0.243 e. The second-order valence-electron chi connectivity index (χ2n) is 3.98. The second-order valence-corrected chi connectivity index (χ2v) is 5.96. The Morgan fingerprint density at radius 1 is 1.35 bits per heavy atom. The molecular weight excluding hydrogens is 240 g/mol. The molecule has 0 saturated heterocycles. The number of benzene rings is 1. The van der Waals surface area contributed by atoms with Crippen LogP contribution in [0.3, 0.4) is 0 Å². The number of hydrogen-bond acceptors (Lipinski definition) is 4. The summed E-state index contributed by atoms with van der Waals surface area (Å²) in [7, 11) is -2.15. The highest BCUT2D eigenvalue weighted by atomic mass is 32.2. The fourth-order valence-corrected chi connectivity index (χ4v) is 3.27. The average molecular weight is 258 g/mol. The molecule has 0 fully saturated rings. The van der Waals surface area contributed by atoms with Gasteiger partial charge in [0.1, 0.15) is 0 Å². The number of nitrogen functional groups attached to an aromatic ring is 1. The predicted molar refractivity (Wildman–Crippen MR) is 67.2 cm³/mol. The maximum atomic E-state index is 12.3. The maximum Gasteiger partial charge on any atom is 0.243 e. The summed E-state index contributed by atoms with van der Waals surface area (Å²) in [5.41, 5.74) is 7.38. The first-order valence-electron chi connectivity index (χ1n) is 5.25. The van der Waals surface area contributed by atoms with Crippen molar-refractivity contribution in [2.24, 2.45) is 0 Å². The van der Waals surface area contributed by atoms with Crippen LogP contribution in [-0.2, 0) is 10.0 Å². The molecule has 1 rings (SSSR count). The van der Waals surface area contributed by atoms with E-state index in [-0.39, 0.29) is 18.0 Å². The molecule has 0 unspecified atom stereocenters. The molecule has 3 N–H and O–H groups in total. The van der Waals surface area contributed by atoms with Gasteiger partial charge in [-0.2, -0.15) is 4.31 Å². The third-order valence-corrected chi connectivity index (χ3v) is 4.88. The SMILES string of the molecule is Cc1ccc(N)c(C)c1S(=O)(=O)N(C)CCO. The molecule has 0 aliphatic carbocycles. The predicted octanol–water partition coefficient (Wildman–Crippen LogP) is 0.498. The molecule has 0 aliphatic heterocycles. The molecule has 17 heavy (non-hydrogen) atoms. The van der Waals surface area contributed by atoms with Crippen molar-refractivity contribution in [2.75, 3.05) is 25.9 Å². The molecule has 0 aromatic heterocycles. The fraction of sp³-hybridized carbons (Fsp3) is 0.455. The van der Waals surface area contributed by atoms with Gasteiger partial charge in [-0.3, -0.25) is 0 Å². The quantitative estimate of drug-likeness (QED) is 0.770. The first-order valence-corrected chi connectivity index (χ1v) is 6.69. The third-order valence-electron chi connectivity index (χ3n) is 2.73. The number of likely N-dealkylation sites (N-methyl/N-ethyl adjacent to an activating group) is 1. The number of nitrogens with two attached hydrogens (primary N) is 1.